The van der Waals surface area contributed by atoms with Gasteiger partial charge in [-0.2, -0.15) is 4.31 Å². The van der Waals surface area contributed by atoms with Gasteiger partial charge in [0.15, 0.2) is 0 Å². The van der Waals surface area contributed by atoms with Gasteiger partial charge in [0.1, 0.15) is 10.7 Å². The van der Waals surface area contributed by atoms with Crippen LogP contribution in [0, 0.1) is 5.82 Å². The van der Waals surface area contributed by atoms with Gasteiger partial charge >= 0.3 is 0 Å². The zero-order valence-corrected chi connectivity index (χ0v) is 18.2. The summed E-state index contributed by atoms with van der Waals surface area (Å²) in [6.07, 6.45) is 0. The predicted octanol–water partition coefficient (Wildman–Crippen LogP) is 2.21. The summed E-state index contributed by atoms with van der Waals surface area (Å²) < 4.78 is 45.3. The lowest BCUT2D eigenvalue weighted by molar-refractivity contribution is -0.116. The number of carbonyl (C=O) groups is 2. The Morgan fingerprint density at radius 2 is 1.81 bits per heavy atom. The molecular weight excluding hydrogens is 449 g/mol. The van der Waals surface area contributed by atoms with E-state index in [4.69, 9.17) is 16.3 Å². The quantitative estimate of drug-likeness (QED) is 0.699. The minimum Gasteiger partial charge on any atom is -0.379 e. The van der Waals surface area contributed by atoms with Crippen LogP contribution in [0.5, 0.6) is 0 Å². The fraction of sp³-hybridized carbons (Fsp3) is 0.300. The third kappa shape index (κ3) is 5.59. The van der Waals surface area contributed by atoms with Gasteiger partial charge in [-0.1, -0.05) is 11.6 Å². The van der Waals surface area contributed by atoms with E-state index in [1.165, 1.54) is 46.6 Å². The van der Waals surface area contributed by atoms with Crippen LogP contribution in [0.2, 0.25) is 5.02 Å². The number of ether oxygens (including phenoxy) is 1. The van der Waals surface area contributed by atoms with Gasteiger partial charge in [0, 0.05) is 31.4 Å². The van der Waals surface area contributed by atoms with E-state index < -0.39 is 27.7 Å². The van der Waals surface area contributed by atoms with Gasteiger partial charge in [0.25, 0.3) is 5.91 Å². The van der Waals surface area contributed by atoms with E-state index in [2.05, 4.69) is 5.32 Å². The first-order valence-electron chi connectivity index (χ1n) is 9.37. The van der Waals surface area contributed by atoms with Crippen LogP contribution in [-0.2, 0) is 19.6 Å². The van der Waals surface area contributed by atoms with Crippen molar-refractivity contribution in [1.82, 2.24) is 9.21 Å². The van der Waals surface area contributed by atoms with Crippen LogP contribution in [0.1, 0.15) is 10.4 Å². The molecule has 1 heterocycles. The molecular formula is C20H21ClFN3O5S. The normalized spacial score (nSPS) is 14.8. The molecule has 1 fully saturated rings. The maximum Gasteiger partial charge on any atom is 0.254 e. The Bertz CT molecular complexity index is 1070. The minimum atomic E-state index is -3.85. The van der Waals surface area contributed by atoms with Crippen molar-refractivity contribution in [2.24, 2.45) is 0 Å². The largest absolute Gasteiger partial charge is 0.379 e. The Morgan fingerprint density at radius 1 is 1.16 bits per heavy atom. The topological polar surface area (TPSA) is 96.0 Å². The second-order valence-electron chi connectivity index (χ2n) is 6.88. The van der Waals surface area contributed by atoms with E-state index in [0.717, 1.165) is 12.1 Å². The first kappa shape index (κ1) is 23.1. The van der Waals surface area contributed by atoms with Crippen molar-refractivity contribution in [3.05, 3.63) is 58.9 Å². The third-order valence-corrected chi connectivity index (χ3v) is 7.00. The molecule has 8 nitrogen and oxygen atoms in total. The zero-order valence-electron chi connectivity index (χ0n) is 16.7. The highest BCUT2D eigenvalue weighted by Crippen LogP contribution is 2.28. The number of nitrogens with zero attached hydrogens (tertiary/aromatic N) is 2. The SMILES string of the molecule is CN(CC(=O)Nc1ccc(Cl)c(S(=O)(=O)N2CCOCC2)c1)C(=O)c1ccc(F)cc1. The number of sulfonamides is 1. The van der Waals surface area contributed by atoms with Crippen molar-refractivity contribution in [2.45, 2.75) is 4.90 Å². The van der Waals surface area contributed by atoms with E-state index in [1.807, 2.05) is 0 Å². The van der Waals surface area contributed by atoms with E-state index in [0.29, 0.717) is 13.2 Å². The molecule has 0 aromatic heterocycles. The summed E-state index contributed by atoms with van der Waals surface area (Å²) in [7, 11) is -2.42. The molecule has 1 saturated heterocycles. The lowest BCUT2D eigenvalue weighted by Gasteiger charge is -2.26. The zero-order chi connectivity index (χ0) is 22.6. The molecule has 0 atom stereocenters. The van der Waals surface area contributed by atoms with Crippen LogP contribution >= 0.6 is 11.6 Å². The minimum absolute atomic E-state index is 0.0353. The van der Waals surface area contributed by atoms with Gasteiger partial charge in [-0.3, -0.25) is 9.59 Å². The van der Waals surface area contributed by atoms with Gasteiger partial charge in [0.05, 0.1) is 24.8 Å². The van der Waals surface area contributed by atoms with Gasteiger partial charge in [0.2, 0.25) is 15.9 Å². The highest BCUT2D eigenvalue weighted by Gasteiger charge is 2.28. The number of amides is 2. The van der Waals surface area contributed by atoms with Crippen LogP contribution < -0.4 is 5.32 Å². The second-order valence-corrected chi connectivity index (χ2v) is 9.19. The molecule has 2 aromatic rings. The summed E-state index contributed by atoms with van der Waals surface area (Å²) in [5.74, 6) is -1.46. The summed E-state index contributed by atoms with van der Waals surface area (Å²) in [5, 5.41) is 2.61. The molecule has 1 aliphatic rings. The van der Waals surface area contributed by atoms with Crippen molar-refractivity contribution in [3.63, 3.8) is 0 Å². The fourth-order valence-corrected chi connectivity index (χ4v) is 4.91. The third-order valence-electron chi connectivity index (χ3n) is 4.62. The number of carbonyl (C=O) groups excluding carboxylic acids is 2. The van der Waals surface area contributed by atoms with Crippen molar-refractivity contribution in [2.75, 3.05) is 45.2 Å². The van der Waals surface area contributed by atoms with Crippen molar-refractivity contribution in [1.29, 1.82) is 0 Å². The molecule has 0 radical (unpaired) electrons. The molecule has 0 unspecified atom stereocenters. The highest BCUT2D eigenvalue weighted by molar-refractivity contribution is 7.89. The Labute approximate surface area is 184 Å². The molecule has 166 valence electrons. The van der Waals surface area contributed by atoms with Crippen LogP contribution in [0.15, 0.2) is 47.4 Å². The van der Waals surface area contributed by atoms with Gasteiger partial charge in [-0.05, 0) is 42.5 Å². The van der Waals surface area contributed by atoms with Crippen LogP contribution in [0.4, 0.5) is 10.1 Å². The molecule has 31 heavy (non-hydrogen) atoms. The van der Waals surface area contributed by atoms with Crippen molar-refractivity contribution in [3.8, 4) is 0 Å². The number of morpholine rings is 1. The molecule has 2 aromatic carbocycles. The number of likely N-dealkylation sites (N-methyl/N-ethyl adjacent to an activating group) is 1. The smallest absolute Gasteiger partial charge is 0.254 e. The Hall–Kier alpha value is -2.53. The Balaban J connectivity index is 1.69. The maximum absolute atomic E-state index is 13.0. The first-order chi connectivity index (χ1) is 14.7. The molecule has 1 aliphatic heterocycles. The van der Waals surface area contributed by atoms with Gasteiger partial charge in [-0.25, -0.2) is 12.8 Å². The predicted molar refractivity (Wildman–Crippen MR) is 113 cm³/mol. The van der Waals surface area contributed by atoms with Gasteiger partial charge in [-0.15, -0.1) is 0 Å². The highest BCUT2D eigenvalue weighted by atomic mass is 35.5. The average molecular weight is 470 g/mol. The fourth-order valence-electron chi connectivity index (χ4n) is 3.01. The monoisotopic (exact) mass is 469 g/mol. The number of hydrogen-bond acceptors (Lipinski definition) is 5. The molecule has 2 amide bonds. The summed E-state index contributed by atoms with van der Waals surface area (Å²) in [4.78, 5) is 25.8. The van der Waals surface area contributed by atoms with Gasteiger partial charge < -0.3 is 15.0 Å². The summed E-state index contributed by atoms with van der Waals surface area (Å²) >= 11 is 6.11. The standard InChI is InChI=1S/C20H21ClFN3O5S/c1-24(20(27)14-2-4-15(22)5-3-14)13-19(26)23-16-6-7-17(21)18(12-16)31(28,29)25-8-10-30-11-9-25/h2-7,12H,8-11,13H2,1H3,(H,23,26). The first-order valence-corrected chi connectivity index (χ1v) is 11.2. The molecule has 11 heteroatoms. The van der Waals surface area contributed by atoms with E-state index in [1.54, 1.807) is 0 Å². The molecule has 0 spiro atoms. The summed E-state index contributed by atoms with van der Waals surface area (Å²) in [6.45, 7) is 0.727. The van der Waals surface area contributed by atoms with Crippen LogP contribution in [0.25, 0.3) is 0 Å². The van der Waals surface area contributed by atoms with E-state index >= 15 is 0 Å². The second kappa shape index (κ2) is 9.73. The molecule has 0 saturated carbocycles. The average Bonchev–Trinajstić information content (AvgIpc) is 2.75. The number of anilines is 1. The Kier molecular flexibility index (Phi) is 7.26. The molecule has 0 aliphatic carbocycles. The van der Waals surface area contributed by atoms with Crippen LogP contribution in [0.3, 0.4) is 0 Å². The number of hydrogen-bond donors (Lipinski definition) is 1. The van der Waals surface area contributed by atoms with Crippen molar-refractivity contribution >= 4 is 39.1 Å². The molecule has 3 rings (SSSR count). The number of halogens is 2. The molecule has 0 bridgehead atoms. The van der Waals surface area contributed by atoms with Crippen molar-refractivity contribution < 1.29 is 27.1 Å². The van der Waals surface area contributed by atoms with Crippen LogP contribution in [-0.4, -0.2) is 69.3 Å². The summed E-state index contributed by atoms with van der Waals surface area (Å²) in [6, 6.07) is 9.11. The van der Waals surface area contributed by atoms with E-state index in [-0.39, 0.29) is 40.8 Å². The van der Waals surface area contributed by atoms with E-state index in [9.17, 15) is 22.4 Å². The molecule has 1 N–H and O–H groups in total. The maximum atomic E-state index is 13.0. The number of rotatable bonds is 6. The Morgan fingerprint density at radius 3 is 2.45 bits per heavy atom. The number of benzene rings is 2. The lowest BCUT2D eigenvalue weighted by atomic mass is 10.2. The lowest BCUT2D eigenvalue weighted by Crippen LogP contribution is -2.40. The summed E-state index contributed by atoms with van der Waals surface area (Å²) in [5.41, 5.74) is 0.464. The number of nitrogens with one attached hydrogen (secondary N) is 1.